The third-order valence-corrected chi connectivity index (χ3v) is 16.0. The molecule has 0 atom stereocenters. The number of hydrogen-bond donors (Lipinski definition) is 3. The van der Waals surface area contributed by atoms with E-state index in [9.17, 15) is 33.9 Å². The minimum absolute atomic E-state index is 0.124. The van der Waals surface area contributed by atoms with E-state index >= 15 is 0 Å². The first kappa shape index (κ1) is 86.2. The summed E-state index contributed by atoms with van der Waals surface area (Å²) in [6, 6.07) is 0. The van der Waals surface area contributed by atoms with Gasteiger partial charge in [0.15, 0.2) is 0 Å². The fourth-order valence-electron chi connectivity index (χ4n) is 9.15. The van der Waals surface area contributed by atoms with Crippen LogP contribution < -0.4 is 10.6 Å². The predicted molar refractivity (Wildman–Crippen MR) is 364 cm³/mol. The van der Waals surface area contributed by atoms with Crippen molar-refractivity contribution in [2.24, 2.45) is 0 Å². The van der Waals surface area contributed by atoms with Crippen LogP contribution in [0.2, 0.25) is 0 Å². The summed E-state index contributed by atoms with van der Waals surface area (Å²) in [5, 5.41) is 15.9. The van der Waals surface area contributed by atoms with Crippen LogP contribution in [0.4, 0.5) is 19.2 Å². The number of rotatable bonds is 11. The minimum Gasteiger partial charge on any atom is -0.465 e. The fourth-order valence-corrected chi connectivity index (χ4v) is 9.26. The molecule has 5 saturated heterocycles. The van der Waals surface area contributed by atoms with Gasteiger partial charge in [0.05, 0.1) is 19.8 Å². The van der Waals surface area contributed by atoms with E-state index in [1.807, 2.05) is 121 Å². The SMILES string of the molecule is CC(C)(C)OC(=O)N1CCN(C(C)(C)CO)CC1.CC(C)(C)OC(=O)N1CCNCC1.CCC(C)(C)N1CCN(C(=O)OC(C)(C)C)CC1.CCC(C)(C)N1CCNCC1.CCOC(=O)C(C)(C)Br.CCOC(=O)C(C)(C)N1CCN(C(=O)OC(C)(C)C)CC1. The summed E-state index contributed by atoms with van der Waals surface area (Å²) in [5.74, 6) is -0.444. The van der Waals surface area contributed by atoms with Gasteiger partial charge in [0.2, 0.25) is 0 Å². The Bertz CT molecular complexity index is 2040. The number of ether oxygens (including phenoxy) is 6. The molecular formula is C66H131BrN10O13. The molecule has 0 aromatic rings. The average molecular weight is 1350 g/mol. The van der Waals surface area contributed by atoms with Crippen LogP contribution in [0.1, 0.15) is 193 Å². The maximum absolute atomic E-state index is 12.0. The molecule has 0 spiro atoms. The van der Waals surface area contributed by atoms with Crippen LogP contribution >= 0.6 is 15.9 Å². The monoisotopic (exact) mass is 1350 g/mol. The summed E-state index contributed by atoms with van der Waals surface area (Å²) in [6.07, 6.45) is 1.44. The van der Waals surface area contributed by atoms with Gasteiger partial charge in [-0.25, -0.2) is 19.2 Å². The Kier molecular flexibility index (Phi) is 36.9. The first-order chi connectivity index (χ1) is 41.0. The quantitative estimate of drug-likeness (QED) is 0.0994. The number of aliphatic hydroxyl groups excluding tert-OH is 1. The second kappa shape index (κ2) is 38.6. The van der Waals surface area contributed by atoms with E-state index in [1.54, 1.807) is 42.4 Å². The van der Waals surface area contributed by atoms with Gasteiger partial charge in [-0.3, -0.25) is 29.2 Å². The van der Waals surface area contributed by atoms with Gasteiger partial charge in [0.1, 0.15) is 32.3 Å². The zero-order valence-electron chi connectivity index (χ0n) is 61.5. The Labute approximate surface area is 554 Å². The molecule has 24 heteroatoms. The highest BCUT2D eigenvalue weighted by Gasteiger charge is 2.40. The van der Waals surface area contributed by atoms with E-state index < -0.39 is 26.7 Å². The summed E-state index contributed by atoms with van der Waals surface area (Å²) >= 11 is 3.17. The highest BCUT2D eigenvalue weighted by molar-refractivity contribution is 9.10. The normalized spacial score (nSPS) is 18.1. The van der Waals surface area contributed by atoms with Crippen LogP contribution in [0.15, 0.2) is 0 Å². The summed E-state index contributed by atoms with van der Waals surface area (Å²) in [7, 11) is 0. The lowest BCUT2D eigenvalue weighted by molar-refractivity contribution is -0.156. The Morgan fingerprint density at radius 2 is 0.600 bits per heavy atom. The van der Waals surface area contributed by atoms with Crippen LogP contribution in [0.3, 0.4) is 0 Å². The van der Waals surface area contributed by atoms with E-state index in [-0.39, 0.29) is 59.6 Å². The van der Waals surface area contributed by atoms with Gasteiger partial charge < -0.3 is 63.8 Å². The van der Waals surface area contributed by atoms with Crippen molar-refractivity contribution in [3.63, 3.8) is 0 Å². The molecular weight excluding hydrogens is 1220 g/mol. The smallest absolute Gasteiger partial charge is 0.410 e. The van der Waals surface area contributed by atoms with E-state index in [1.165, 1.54) is 19.5 Å². The van der Waals surface area contributed by atoms with Crippen LogP contribution in [-0.4, -0.2) is 280 Å². The Hall–Kier alpha value is -3.78. The van der Waals surface area contributed by atoms with E-state index in [4.69, 9.17) is 28.4 Å². The van der Waals surface area contributed by atoms with E-state index in [2.05, 4.69) is 82.8 Å². The van der Waals surface area contributed by atoms with Crippen molar-refractivity contribution in [3.05, 3.63) is 0 Å². The molecule has 5 fully saturated rings. The van der Waals surface area contributed by atoms with Crippen molar-refractivity contribution in [2.75, 3.05) is 151 Å². The first-order valence-corrected chi connectivity index (χ1v) is 33.8. The molecule has 5 rings (SSSR count). The molecule has 90 heavy (non-hydrogen) atoms. The number of halogens is 1. The molecule has 3 N–H and O–H groups in total. The van der Waals surface area contributed by atoms with Crippen molar-refractivity contribution in [3.8, 4) is 0 Å². The molecule has 0 aromatic heterocycles. The number of nitrogens with one attached hydrogen (secondary N) is 2. The van der Waals surface area contributed by atoms with Crippen LogP contribution in [0.25, 0.3) is 0 Å². The highest BCUT2D eigenvalue weighted by atomic mass is 79.9. The van der Waals surface area contributed by atoms with Gasteiger partial charge in [-0.2, -0.15) is 0 Å². The Morgan fingerprint density at radius 1 is 0.356 bits per heavy atom. The summed E-state index contributed by atoms with van der Waals surface area (Å²) < 4.78 is 30.6. The highest BCUT2D eigenvalue weighted by Crippen LogP contribution is 2.24. The number of amides is 4. The maximum Gasteiger partial charge on any atom is 0.410 e. The molecule has 0 bridgehead atoms. The molecule has 5 aliphatic heterocycles. The number of nitrogens with zero attached hydrogens (tertiary/aromatic N) is 8. The molecule has 4 amide bonds. The van der Waals surface area contributed by atoms with Crippen molar-refractivity contribution >= 4 is 52.2 Å². The number of hydrogen-bond acceptors (Lipinski definition) is 19. The van der Waals surface area contributed by atoms with E-state index in [0.717, 1.165) is 85.0 Å². The van der Waals surface area contributed by atoms with Gasteiger partial charge in [-0.15, -0.1) is 0 Å². The summed E-state index contributed by atoms with van der Waals surface area (Å²) in [4.78, 5) is 86.3. The zero-order chi connectivity index (χ0) is 69.9. The summed E-state index contributed by atoms with van der Waals surface area (Å²) in [6.45, 7) is 68.5. The number of piperazine rings is 5. The van der Waals surface area contributed by atoms with Crippen molar-refractivity contribution < 1.29 is 62.3 Å². The van der Waals surface area contributed by atoms with Gasteiger partial charge in [-0.1, -0.05) is 29.8 Å². The molecule has 530 valence electrons. The lowest BCUT2D eigenvalue weighted by Crippen LogP contribution is -2.59. The van der Waals surface area contributed by atoms with Crippen LogP contribution in [-0.2, 0) is 38.0 Å². The van der Waals surface area contributed by atoms with Crippen molar-refractivity contribution in [1.82, 2.24) is 49.8 Å². The molecule has 0 aliphatic carbocycles. The number of carbonyl (C=O) groups is 6. The van der Waals surface area contributed by atoms with Gasteiger partial charge in [0, 0.05) is 148 Å². The minimum atomic E-state index is -0.671. The molecule has 0 radical (unpaired) electrons. The van der Waals surface area contributed by atoms with Crippen LogP contribution in [0.5, 0.6) is 0 Å². The largest absolute Gasteiger partial charge is 0.465 e. The Morgan fingerprint density at radius 3 is 0.844 bits per heavy atom. The molecule has 0 unspecified atom stereocenters. The topological polar surface area (TPSA) is 228 Å². The molecule has 0 aromatic carbocycles. The van der Waals surface area contributed by atoms with Crippen molar-refractivity contribution in [2.45, 2.75) is 242 Å². The number of aliphatic hydroxyl groups is 1. The lowest BCUT2D eigenvalue weighted by atomic mass is 9.98. The molecule has 0 saturated carbocycles. The third-order valence-electron chi connectivity index (χ3n) is 15.7. The first-order valence-electron chi connectivity index (χ1n) is 33.0. The maximum atomic E-state index is 12.0. The number of carbonyl (C=O) groups excluding carboxylic acids is 6. The second-order valence-electron chi connectivity index (χ2n) is 30.1. The van der Waals surface area contributed by atoms with Gasteiger partial charge in [0.25, 0.3) is 0 Å². The average Bonchev–Trinajstić information content (AvgIpc) is 1.03. The third kappa shape index (κ3) is 34.9. The van der Waals surface area contributed by atoms with E-state index in [0.29, 0.717) is 58.0 Å². The fraction of sp³-hybridized carbons (Fsp3) is 0.909. The molecule has 5 heterocycles. The number of alkyl halides is 1. The summed E-state index contributed by atoms with van der Waals surface area (Å²) in [5.41, 5.74) is -1.99. The predicted octanol–water partition coefficient (Wildman–Crippen LogP) is 9.55. The Balaban J connectivity index is 0.00000108. The molecule has 5 aliphatic rings. The number of esters is 2. The zero-order valence-corrected chi connectivity index (χ0v) is 63.1. The molecule has 23 nitrogen and oxygen atoms in total. The van der Waals surface area contributed by atoms with Crippen molar-refractivity contribution in [1.29, 1.82) is 0 Å². The van der Waals surface area contributed by atoms with Gasteiger partial charge >= 0.3 is 36.3 Å². The van der Waals surface area contributed by atoms with Crippen LogP contribution in [0, 0.1) is 0 Å². The van der Waals surface area contributed by atoms with Gasteiger partial charge in [-0.05, 0) is 179 Å². The standard InChI is InChI=1S/C15H28N2O4.C14H28N2O2.C13H26N2O3.C9H18N2O2.C9H20N2.C6H11BrO2/c1-7-20-12(18)15(5,6)17-10-8-16(9-11-17)13(19)21-14(2,3)4;1-7-14(5,6)16-10-8-15(9-11-16)12(17)18-13(2,3)4;1-12(2,3)18-11(17)14-6-8-15(9-7-14)13(4,5)10-16;1-9(2,3)13-8(12)11-6-4-10-5-7-11;1-4-9(2,3)11-7-5-10-6-8-11;1-4-9-5(8)6(2,3)7/h7-11H2,1-6H3;7-11H2,1-6H3;16H,6-10H2,1-5H3;10H,4-7H2,1-3H3;10H,4-8H2,1-3H3;4H2,1-3H3. The lowest BCUT2D eigenvalue weighted by Gasteiger charge is -2.43. The second-order valence-corrected chi connectivity index (χ2v) is 32.1.